The first-order chi connectivity index (χ1) is 10.5. The number of nitrogens with zero attached hydrogens (tertiary/aromatic N) is 1. The zero-order valence-electron chi connectivity index (χ0n) is 11.6. The minimum atomic E-state index is -0.369. The molecule has 1 unspecified atom stereocenters. The molecule has 0 spiro atoms. The number of benzene rings is 2. The zero-order chi connectivity index (χ0) is 15.9. The molecule has 114 valence electrons. The third kappa shape index (κ3) is 2.83. The van der Waals surface area contributed by atoms with Gasteiger partial charge >= 0.3 is 0 Å². The Morgan fingerprint density at radius 1 is 1.23 bits per heavy atom. The summed E-state index contributed by atoms with van der Waals surface area (Å²) in [5.74, 6) is -0.0967. The predicted octanol–water partition coefficient (Wildman–Crippen LogP) is 5.22. The molecule has 3 rings (SSSR count). The van der Waals surface area contributed by atoms with Gasteiger partial charge in [-0.15, -0.1) is 11.8 Å². The molecule has 1 heterocycles. The van der Waals surface area contributed by atoms with E-state index in [0.717, 1.165) is 11.1 Å². The number of hydrogen-bond donors (Lipinski definition) is 0. The SMILES string of the molecule is Cc1ccc(F)cc1N1C(=O)CSC1c1ccc(Cl)cc1Cl. The van der Waals surface area contributed by atoms with Crippen molar-refractivity contribution in [3.63, 3.8) is 0 Å². The van der Waals surface area contributed by atoms with Gasteiger partial charge in [0.2, 0.25) is 5.91 Å². The summed E-state index contributed by atoms with van der Waals surface area (Å²) in [5.41, 5.74) is 2.21. The van der Waals surface area contributed by atoms with E-state index >= 15 is 0 Å². The van der Waals surface area contributed by atoms with Crippen LogP contribution >= 0.6 is 35.0 Å². The number of aryl methyl sites for hydroxylation is 1. The molecular weight excluding hydrogens is 344 g/mol. The van der Waals surface area contributed by atoms with Crippen molar-refractivity contribution >= 4 is 46.6 Å². The molecule has 1 amide bonds. The van der Waals surface area contributed by atoms with Crippen molar-refractivity contribution in [1.82, 2.24) is 0 Å². The second kappa shape index (κ2) is 6.11. The van der Waals surface area contributed by atoms with Crippen LogP contribution in [0.1, 0.15) is 16.5 Å². The fourth-order valence-corrected chi connectivity index (χ4v) is 4.24. The molecule has 22 heavy (non-hydrogen) atoms. The van der Waals surface area contributed by atoms with Gasteiger partial charge in [-0.2, -0.15) is 0 Å². The summed E-state index contributed by atoms with van der Waals surface area (Å²) >= 11 is 13.7. The normalized spacial score (nSPS) is 18.1. The van der Waals surface area contributed by atoms with E-state index in [1.807, 2.05) is 13.0 Å². The van der Waals surface area contributed by atoms with Gasteiger partial charge in [-0.1, -0.05) is 35.3 Å². The van der Waals surface area contributed by atoms with Crippen LogP contribution < -0.4 is 4.90 Å². The molecule has 2 aromatic carbocycles. The summed E-state index contributed by atoms with van der Waals surface area (Å²) in [6.07, 6.45) is 0. The van der Waals surface area contributed by atoms with Gasteiger partial charge in [-0.25, -0.2) is 4.39 Å². The molecule has 0 aromatic heterocycles. The first-order valence-corrected chi connectivity index (χ1v) is 8.42. The summed E-state index contributed by atoms with van der Waals surface area (Å²) in [5, 5.41) is 0.757. The second-order valence-corrected chi connectivity index (χ2v) is 6.94. The Kier molecular flexibility index (Phi) is 4.35. The van der Waals surface area contributed by atoms with E-state index in [0.29, 0.717) is 21.5 Å². The van der Waals surface area contributed by atoms with Crippen molar-refractivity contribution in [3.05, 3.63) is 63.4 Å². The zero-order valence-corrected chi connectivity index (χ0v) is 14.0. The van der Waals surface area contributed by atoms with Crippen molar-refractivity contribution in [1.29, 1.82) is 0 Å². The van der Waals surface area contributed by atoms with Gasteiger partial charge < -0.3 is 0 Å². The molecule has 1 fully saturated rings. The van der Waals surface area contributed by atoms with Gasteiger partial charge in [-0.05, 0) is 36.8 Å². The largest absolute Gasteiger partial charge is 0.295 e. The van der Waals surface area contributed by atoms with Crippen LogP contribution in [0.4, 0.5) is 10.1 Å². The average molecular weight is 356 g/mol. The molecule has 1 saturated heterocycles. The molecule has 0 saturated carbocycles. The van der Waals surface area contributed by atoms with E-state index in [2.05, 4.69) is 0 Å². The number of carbonyl (C=O) groups excluding carboxylic acids is 1. The monoisotopic (exact) mass is 355 g/mol. The van der Waals surface area contributed by atoms with E-state index in [9.17, 15) is 9.18 Å². The minimum Gasteiger partial charge on any atom is -0.295 e. The van der Waals surface area contributed by atoms with Gasteiger partial charge in [0.05, 0.1) is 11.4 Å². The first kappa shape index (κ1) is 15.7. The smallest absolute Gasteiger partial charge is 0.238 e. The lowest BCUT2D eigenvalue weighted by Crippen LogP contribution is -2.28. The molecule has 1 atom stereocenters. The van der Waals surface area contributed by atoms with Crippen molar-refractivity contribution < 1.29 is 9.18 Å². The number of anilines is 1. The summed E-state index contributed by atoms with van der Waals surface area (Å²) in [6, 6.07) is 9.64. The van der Waals surface area contributed by atoms with Crippen LogP contribution in [0.5, 0.6) is 0 Å². The minimum absolute atomic E-state index is 0.0604. The van der Waals surface area contributed by atoms with E-state index in [-0.39, 0.29) is 17.1 Å². The lowest BCUT2D eigenvalue weighted by atomic mass is 10.1. The topological polar surface area (TPSA) is 20.3 Å². The third-order valence-electron chi connectivity index (χ3n) is 3.53. The van der Waals surface area contributed by atoms with E-state index in [4.69, 9.17) is 23.2 Å². The molecule has 6 heteroatoms. The van der Waals surface area contributed by atoms with Crippen LogP contribution in [0.2, 0.25) is 10.0 Å². The van der Waals surface area contributed by atoms with Gasteiger partial charge in [0.15, 0.2) is 0 Å². The Labute approximate surface area is 142 Å². The standard InChI is InChI=1S/C16H12Cl2FNOS/c1-9-2-4-11(19)7-14(9)20-15(21)8-22-16(20)12-5-3-10(17)6-13(12)18/h2-7,16H,8H2,1H3. The Hall–Kier alpha value is -1.23. The molecule has 0 aliphatic carbocycles. The van der Waals surface area contributed by atoms with Crippen molar-refractivity contribution in [2.75, 3.05) is 10.7 Å². The van der Waals surface area contributed by atoms with Crippen LogP contribution in [0, 0.1) is 12.7 Å². The highest BCUT2D eigenvalue weighted by molar-refractivity contribution is 8.00. The van der Waals surface area contributed by atoms with Crippen LogP contribution in [-0.4, -0.2) is 11.7 Å². The van der Waals surface area contributed by atoms with E-state index in [1.54, 1.807) is 23.1 Å². The highest BCUT2D eigenvalue weighted by Gasteiger charge is 2.36. The van der Waals surface area contributed by atoms with Crippen LogP contribution in [-0.2, 0) is 4.79 Å². The van der Waals surface area contributed by atoms with Crippen molar-refractivity contribution in [2.45, 2.75) is 12.3 Å². The van der Waals surface area contributed by atoms with Gasteiger partial charge in [0.25, 0.3) is 0 Å². The summed E-state index contributed by atoms with van der Waals surface area (Å²) in [7, 11) is 0. The highest BCUT2D eigenvalue weighted by Crippen LogP contribution is 2.45. The number of carbonyl (C=O) groups is 1. The van der Waals surface area contributed by atoms with Gasteiger partial charge in [-0.3, -0.25) is 9.69 Å². The first-order valence-electron chi connectivity index (χ1n) is 6.62. The Balaban J connectivity index is 2.08. The van der Waals surface area contributed by atoms with Gasteiger partial charge in [0.1, 0.15) is 11.2 Å². The molecular formula is C16H12Cl2FNOS. The van der Waals surface area contributed by atoms with E-state index < -0.39 is 0 Å². The third-order valence-corrected chi connectivity index (χ3v) is 5.28. The Morgan fingerprint density at radius 3 is 2.73 bits per heavy atom. The number of hydrogen-bond acceptors (Lipinski definition) is 2. The number of thioether (sulfide) groups is 1. The maximum Gasteiger partial charge on any atom is 0.238 e. The summed E-state index contributed by atoms with van der Waals surface area (Å²) in [4.78, 5) is 13.9. The van der Waals surface area contributed by atoms with Crippen LogP contribution in [0.3, 0.4) is 0 Å². The molecule has 2 nitrogen and oxygen atoms in total. The predicted molar refractivity (Wildman–Crippen MR) is 90.3 cm³/mol. The van der Waals surface area contributed by atoms with Crippen LogP contribution in [0.15, 0.2) is 36.4 Å². The van der Waals surface area contributed by atoms with Crippen LogP contribution in [0.25, 0.3) is 0 Å². The molecule has 1 aliphatic heterocycles. The van der Waals surface area contributed by atoms with E-state index in [1.165, 1.54) is 23.9 Å². The molecule has 2 aromatic rings. The second-order valence-electron chi connectivity index (χ2n) is 5.02. The number of rotatable bonds is 2. The number of halogens is 3. The lowest BCUT2D eigenvalue weighted by Gasteiger charge is -2.26. The van der Waals surface area contributed by atoms with Crippen molar-refractivity contribution in [2.24, 2.45) is 0 Å². The quantitative estimate of drug-likeness (QED) is 0.735. The highest BCUT2D eigenvalue weighted by atomic mass is 35.5. The maximum atomic E-state index is 13.6. The summed E-state index contributed by atoms with van der Waals surface area (Å²) < 4.78 is 13.6. The molecule has 1 aliphatic rings. The van der Waals surface area contributed by atoms with Crippen molar-refractivity contribution in [3.8, 4) is 0 Å². The summed E-state index contributed by atoms with van der Waals surface area (Å²) in [6.45, 7) is 1.85. The molecule has 0 N–H and O–H groups in total. The fraction of sp³-hybridized carbons (Fsp3) is 0.188. The maximum absolute atomic E-state index is 13.6. The molecule has 0 radical (unpaired) electrons. The fourth-order valence-electron chi connectivity index (χ4n) is 2.46. The Bertz CT molecular complexity index is 753. The Morgan fingerprint density at radius 2 is 2.00 bits per heavy atom. The lowest BCUT2D eigenvalue weighted by molar-refractivity contribution is -0.115. The number of amides is 1. The molecule has 0 bridgehead atoms. The average Bonchev–Trinajstić information content (AvgIpc) is 2.83. The van der Waals surface area contributed by atoms with Gasteiger partial charge in [0, 0.05) is 15.6 Å².